The lowest BCUT2D eigenvalue weighted by atomic mass is 9.74. The van der Waals surface area contributed by atoms with E-state index in [-0.39, 0.29) is 6.10 Å². The topological polar surface area (TPSA) is 20.2 Å². The molecule has 0 aromatic rings. The molecule has 0 aliphatic heterocycles. The van der Waals surface area contributed by atoms with Crippen molar-refractivity contribution in [2.75, 3.05) is 0 Å². The minimum atomic E-state index is -1.30. The number of aliphatic hydroxyl groups is 1. The second-order valence-corrected chi connectivity index (χ2v) is 12.0. The lowest BCUT2D eigenvalue weighted by Crippen LogP contribution is -2.38. The van der Waals surface area contributed by atoms with Gasteiger partial charge in [0, 0.05) is 0 Å². The molecular formula is C13H26OSi. The van der Waals surface area contributed by atoms with E-state index in [1.54, 1.807) is 0 Å². The molecule has 88 valence electrons. The van der Waals surface area contributed by atoms with Crippen LogP contribution in [-0.4, -0.2) is 19.3 Å². The van der Waals surface area contributed by atoms with Crippen LogP contribution in [0.2, 0.25) is 19.6 Å². The molecule has 0 bridgehead atoms. The number of hydrogen-bond donors (Lipinski definition) is 1. The molecule has 0 spiro atoms. The van der Waals surface area contributed by atoms with E-state index in [9.17, 15) is 5.11 Å². The summed E-state index contributed by atoms with van der Waals surface area (Å²) in [5.41, 5.74) is 0.322. The summed E-state index contributed by atoms with van der Waals surface area (Å²) in [6.07, 6.45) is 4.27. The van der Waals surface area contributed by atoms with Crippen molar-refractivity contribution in [3.8, 4) is 0 Å². The fraction of sp³-hybridized carbons (Fsp3) is 0.846. The Morgan fingerprint density at radius 3 is 2.13 bits per heavy atom. The van der Waals surface area contributed by atoms with Crippen LogP contribution in [0.5, 0.6) is 0 Å². The van der Waals surface area contributed by atoms with Gasteiger partial charge in [-0.1, -0.05) is 51.7 Å². The molecule has 2 atom stereocenters. The zero-order valence-corrected chi connectivity index (χ0v) is 12.1. The van der Waals surface area contributed by atoms with Crippen molar-refractivity contribution >= 4 is 8.07 Å². The molecule has 0 saturated heterocycles. The molecule has 1 aliphatic carbocycles. The Balaban J connectivity index is 2.81. The first-order chi connectivity index (χ1) is 6.62. The van der Waals surface area contributed by atoms with E-state index in [1.165, 1.54) is 5.20 Å². The molecule has 0 amide bonds. The number of aliphatic hydroxyl groups excluding tert-OH is 1. The first-order valence-corrected chi connectivity index (χ1v) is 9.51. The molecule has 0 saturated carbocycles. The van der Waals surface area contributed by atoms with Crippen molar-refractivity contribution in [2.45, 2.75) is 59.4 Å². The average Bonchev–Trinajstić information content (AvgIpc) is 1.99. The smallest absolute Gasteiger partial charge is 0.0753 e. The van der Waals surface area contributed by atoms with Gasteiger partial charge >= 0.3 is 0 Å². The SMILES string of the molecule is CC(C)(C)C1CC=C([Si](C)(C)C)C(O)C1. The Hall–Kier alpha value is -0.0831. The third kappa shape index (κ3) is 3.18. The third-order valence-electron chi connectivity index (χ3n) is 3.58. The Kier molecular flexibility index (Phi) is 3.51. The van der Waals surface area contributed by atoms with Crippen LogP contribution in [0.15, 0.2) is 11.3 Å². The predicted octanol–water partition coefficient (Wildman–Crippen LogP) is 3.61. The number of allylic oxidation sites excluding steroid dienone is 1. The molecule has 0 heterocycles. The molecule has 1 nitrogen and oxygen atoms in total. The maximum absolute atomic E-state index is 10.2. The van der Waals surface area contributed by atoms with Crippen LogP contribution >= 0.6 is 0 Å². The van der Waals surface area contributed by atoms with Gasteiger partial charge in [-0.05, 0) is 24.2 Å². The van der Waals surface area contributed by atoms with E-state index in [0.29, 0.717) is 11.3 Å². The lowest BCUT2D eigenvalue weighted by Gasteiger charge is -2.38. The summed E-state index contributed by atoms with van der Waals surface area (Å²) >= 11 is 0. The van der Waals surface area contributed by atoms with Gasteiger partial charge in [0.15, 0.2) is 0 Å². The molecular weight excluding hydrogens is 200 g/mol. The Labute approximate surface area is 95.6 Å². The third-order valence-corrected chi connectivity index (χ3v) is 5.85. The quantitative estimate of drug-likeness (QED) is 0.677. The van der Waals surface area contributed by atoms with Crippen molar-refractivity contribution in [3.63, 3.8) is 0 Å². The van der Waals surface area contributed by atoms with E-state index in [1.807, 2.05) is 0 Å². The van der Waals surface area contributed by atoms with Crippen LogP contribution in [0, 0.1) is 11.3 Å². The van der Waals surface area contributed by atoms with Crippen LogP contribution in [0.1, 0.15) is 33.6 Å². The van der Waals surface area contributed by atoms with Gasteiger partial charge in [0.25, 0.3) is 0 Å². The van der Waals surface area contributed by atoms with Gasteiger partial charge in [0.2, 0.25) is 0 Å². The predicted molar refractivity (Wildman–Crippen MR) is 69.6 cm³/mol. The van der Waals surface area contributed by atoms with Crippen LogP contribution < -0.4 is 0 Å². The highest BCUT2D eigenvalue weighted by molar-refractivity contribution is 6.83. The highest BCUT2D eigenvalue weighted by Crippen LogP contribution is 2.39. The molecule has 15 heavy (non-hydrogen) atoms. The van der Waals surface area contributed by atoms with E-state index < -0.39 is 8.07 Å². The molecule has 2 unspecified atom stereocenters. The summed E-state index contributed by atoms with van der Waals surface area (Å²) in [6, 6.07) is 0. The number of rotatable bonds is 1. The van der Waals surface area contributed by atoms with Gasteiger partial charge < -0.3 is 5.11 Å². The van der Waals surface area contributed by atoms with Crippen LogP contribution in [-0.2, 0) is 0 Å². The summed E-state index contributed by atoms with van der Waals surface area (Å²) in [5.74, 6) is 0.632. The molecule has 1 aliphatic rings. The van der Waals surface area contributed by atoms with Crippen molar-refractivity contribution in [1.29, 1.82) is 0 Å². The molecule has 0 radical (unpaired) electrons. The Bertz CT molecular complexity index is 255. The highest BCUT2D eigenvalue weighted by atomic mass is 28.3. The van der Waals surface area contributed by atoms with E-state index in [4.69, 9.17) is 0 Å². The van der Waals surface area contributed by atoms with Crippen LogP contribution in [0.4, 0.5) is 0 Å². The van der Waals surface area contributed by atoms with Gasteiger partial charge in [-0.2, -0.15) is 0 Å². The molecule has 1 rings (SSSR count). The average molecular weight is 226 g/mol. The standard InChI is InChI=1S/C13H26OSi/c1-13(2,3)10-7-8-12(11(14)9-10)15(4,5)6/h8,10-11,14H,7,9H2,1-6H3. The summed E-state index contributed by atoms with van der Waals surface area (Å²) in [6.45, 7) is 13.8. The fourth-order valence-electron chi connectivity index (χ4n) is 2.41. The molecule has 2 heteroatoms. The fourth-order valence-corrected chi connectivity index (χ4v) is 4.26. The van der Waals surface area contributed by atoms with Gasteiger partial charge in [-0.25, -0.2) is 0 Å². The van der Waals surface area contributed by atoms with Crippen molar-refractivity contribution < 1.29 is 5.11 Å². The maximum atomic E-state index is 10.2. The minimum Gasteiger partial charge on any atom is -0.389 e. The summed E-state index contributed by atoms with van der Waals surface area (Å²) in [5, 5.41) is 11.6. The summed E-state index contributed by atoms with van der Waals surface area (Å²) < 4.78 is 0. The first-order valence-electron chi connectivity index (χ1n) is 6.01. The van der Waals surface area contributed by atoms with Gasteiger partial charge in [0.05, 0.1) is 14.2 Å². The molecule has 1 N–H and O–H groups in total. The minimum absolute atomic E-state index is 0.172. The van der Waals surface area contributed by atoms with Gasteiger partial charge in [-0.3, -0.25) is 0 Å². The normalized spacial score (nSPS) is 28.9. The molecule has 0 aromatic heterocycles. The summed E-state index contributed by atoms with van der Waals surface area (Å²) in [7, 11) is -1.30. The zero-order valence-electron chi connectivity index (χ0n) is 11.1. The molecule has 0 aromatic carbocycles. The van der Waals surface area contributed by atoms with Crippen molar-refractivity contribution in [1.82, 2.24) is 0 Å². The van der Waals surface area contributed by atoms with Crippen molar-refractivity contribution in [2.24, 2.45) is 11.3 Å². The van der Waals surface area contributed by atoms with E-state index >= 15 is 0 Å². The first kappa shape index (κ1) is 13.0. The Morgan fingerprint density at radius 2 is 1.80 bits per heavy atom. The van der Waals surface area contributed by atoms with E-state index in [2.05, 4.69) is 46.5 Å². The second kappa shape index (κ2) is 4.06. The Morgan fingerprint density at radius 1 is 1.27 bits per heavy atom. The number of hydrogen-bond acceptors (Lipinski definition) is 1. The largest absolute Gasteiger partial charge is 0.389 e. The zero-order chi connectivity index (χ0) is 11.9. The van der Waals surface area contributed by atoms with Crippen LogP contribution in [0.25, 0.3) is 0 Å². The van der Waals surface area contributed by atoms with Crippen molar-refractivity contribution in [3.05, 3.63) is 11.3 Å². The maximum Gasteiger partial charge on any atom is 0.0753 e. The summed E-state index contributed by atoms with van der Waals surface area (Å²) in [4.78, 5) is 0. The molecule has 0 fully saturated rings. The van der Waals surface area contributed by atoms with Crippen LogP contribution in [0.3, 0.4) is 0 Å². The highest BCUT2D eigenvalue weighted by Gasteiger charge is 2.34. The lowest BCUT2D eigenvalue weighted by molar-refractivity contribution is 0.120. The monoisotopic (exact) mass is 226 g/mol. The van der Waals surface area contributed by atoms with Gasteiger partial charge in [0.1, 0.15) is 0 Å². The second-order valence-electron chi connectivity index (χ2n) is 6.96. The van der Waals surface area contributed by atoms with Gasteiger partial charge in [-0.15, -0.1) is 0 Å². The van der Waals surface area contributed by atoms with E-state index in [0.717, 1.165) is 12.8 Å².